The maximum atomic E-state index is 11.3. The monoisotopic (exact) mass is 242 g/mol. The Morgan fingerprint density at radius 3 is 2.62 bits per heavy atom. The fraction of sp³-hybridized carbons (Fsp3) is 0.417. The van der Waals surface area contributed by atoms with Gasteiger partial charge in [0.15, 0.2) is 0 Å². The highest BCUT2D eigenvalue weighted by Crippen LogP contribution is 2.29. The molecular weight excluding hydrogens is 228 g/mol. The van der Waals surface area contributed by atoms with Crippen LogP contribution in [0.25, 0.3) is 0 Å². The third-order valence-corrected chi connectivity index (χ3v) is 2.43. The van der Waals surface area contributed by atoms with Crippen LogP contribution in [0.3, 0.4) is 0 Å². The maximum Gasteiger partial charge on any atom is 0.310 e. The van der Waals surface area contributed by atoms with Gasteiger partial charge in [-0.2, -0.15) is 0 Å². The number of benzene rings is 1. The van der Waals surface area contributed by atoms with Crippen LogP contribution in [0.5, 0.6) is 5.75 Å². The van der Waals surface area contributed by atoms with Crippen LogP contribution in [0.4, 0.5) is 0 Å². The second kappa shape index (κ2) is 5.75. The summed E-state index contributed by atoms with van der Waals surface area (Å²) in [6.45, 7) is 4.06. The third kappa shape index (κ3) is 3.14. The molecule has 0 saturated carbocycles. The quantitative estimate of drug-likeness (QED) is 0.762. The van der Waals surface area contributed by atoms with Gasteiger partial charge in [0.25, 0.3) is 0 Å². The average Bonchev–Trinajstić information content (AvgIpc) is 2.17. The van der Waals surface area contributed by atoms with E-state index in [1.165, 1.54) is 0 Å². The highest BCUT2D eigenvalue weighted by atomic mass is 35.5. The first kappa shape index (κ1) is 12.8. The SMILES string of the molecule is CCOC(=O)Cc1cc(C)c(OC)c(Cl)c1. The molecule has 1 rings (SSSR count). The van der Waals surface area contributed by atoms with Crippen molar-refractivity contribution in [2.45, 2.75) is 20.3 Å². The van der Waals surface area contributed by atoms with Crippen molar-refractivity contribution >= 4 is 17.6 Å². The van der Waals surface area contributed by atoms with Gasteiger partial charge in [0, 0.05) is 0 Å². The molecule has 0 N–H and O–H groups in total. The number of aryl methyl sites for hydroxylation is 1. The normalized spacial score (nSPS) is 10.0. The zero-order valence-electron chi connectivity index (χ0n) is 9.67. The van der Waals surface area contributed by atoms with E-state index in [2.05, 4.69) is 0 Å². The molecule has 0 saturated heterocycles. The Morgan fingerprint density at radius 2 is 2.12 bits per heavy atom. The molecule has 0 unspecified atom stereocenters. The number of hydrogen-bond acceptors (Lipinski definition) is 3. The number of rotatable bonds is 4. The van der Waals surface area contributed by atoms with Crippen LogP contribution in [-0.4, -0.2) is 19.7 Å². The highest BCUT2D eigenvalue weighted by molar-refractivity contribution is 6.32. The fourth-order valence-electron chi connectivity index (χ4n) is 1.54. The van der Waals surface area contributed by atoms with E-state index in [1.807, 2.05) is 13.0 Å². The molecule has 0 amide bonds. The van der Waals surface area contributed by atoms with Crippen molar-refractivity contribution in [2.75, 3.05) is 13.7 Å². The summed E-state index contributed by atoms with van der Waals surface area (Å²) in [7, 11) is 1.57. The molecular formula is C12H15ClO3. The van der Waals surface area contributed by atoms with Gasteiger partial charge < -0.3 is 9.47 Å². The number of methoxy groups -OCH3 is 1. The predicted octanol–water partition coefficient (Wildman–Crippen LogP) is 2.76. The summed E-state index contributed by atoms with van der Waals surface area (Å²) in [5.74, 6) is 0.400. The molecule has 0 aliphatic rings. The van der Waals surface area contributed by atoms with Crippen molar-refractivity contribution in [3.05, 3.63) is 28.3 Å². The predicted molar refractivity (Wildman–Crippen MR) is 63.1 cm³/mol. The smallest absolute Gasteiger partial charge is 0.310 e. The molecule has 1 aromatic carbocycles. The third-order valence-electron chi connectivity index (χ3n) is 2.15. The summed E-state index contributed by atoms with van der Waals surface area (Å²) in [4.78, 5) is 11.3. The number of esters is 1. The van der Waals surface area contributed by atoms with Gasteiger partial charge in [-0.3, -0.25) is 4.79 Å². The van der Waals surface area contributed by atoms with Crippen molar-refractivity contribution in [1.29, 1.82) is 0 Å². The molecule has 1 aromatic rings. The van der Waals surface area contributed by atoms with Crippen molar-refractivity contribution < 1.29 is 14.3 Å². The van der Waals surface area contributed by atoms with Crippen LogP contribution >= 0.6 is 11.6 Å². The molecule has 0 bridgehead atoms. The Labute approximate surface area is 100 Å². The molecule has 16 heavy (non-hydrogen) atoms. The van der Waals surface area contributed by atoms with Crippen molar-refractivity contribution in [3.63, 3.8) is 0 Å². The number of carbonyl (C=O) groups is 1. The molecule has 0 spiro atoms. The summed E-state index contributed by atoms with van der Waals surface area (Å²) in [5, 5.41) is 0.516. The van der Waals surface area contributed by atoms with Gasteiger partial charge in [-0.05, 0) is 31.0 Å². The maximum absolute atomic E-state index is 11.3. The largest absolute Gasteiger partial charge is 0.495 e. The summed E-state index contributed by atoms with van der Waals surface area (Å²) >= 11 is 6.02. The molecule has 0 atom stereocenters. The number of hydrogen-bond donors (Lipinski definition) is 0. The molecule has 3 nitrogen and oxygen atoms in total. The van der Waals surface area contributed by atoms with Crippen LogP contribution in [-0.2, 0) is 16.0 Å². The van der Waals surface area contributed by atoms with Gasteiger partial charge in [0.05, 0.1) is 25.2 Å². The average molecular weight is 243 g/mol. The van der Waals surface area contributed by atoms with E-state index in [9.17, 15) is 4.79 Å². The van der Waals surface area contributed by atoms with Gasteiger partial charge in [-0.25, -0.2) is 0 Å². The van der Waals surface area contributed by atoms with Crippen LogP contribution in [0.15, 0.2) is 12.1 Å². The zero-order valence-corrected chi connectivity index (χ0v) is 10.4. The second-order valence-electron chi connectivity index (χ2n) is 3.41. The minimum atomic E-state index is -0.247. The van der Waals surface area contributed by atoms with E-state index in [0.717, 1.165) is 11.1 Å². The summed E-state index contributed by atoms with van der Waals surface area (Å²) in [6.07, 6.45) is 0.235. The van der Waals surface area contributed by atoms with Gasteiger partial charge in [-0.1, -0.05) is 17.7 Å². The van der Waals surface area contributed by atoms with E-state index in [4.69, 9.17) is 21.1 Å². The minimum absolute atomic E-state index is 0.235. The van der Waals surface area contributed by atoms with E-state index in [1.54, 1.807) is 20.1 Å². The molecule has 0 aliphatic heterocycles. The molecule has 0 fully saturated rings. The molecule has 4 heteroatoms. The minimum Gasteiger partial charge on any atom is -0.495 e. The lowest BCUT2D eigenvalue weighted by molar-refractivity contribution is -0.142. The molecule has 88 valence electrons. The van der Waals surface area contributed by atoms with Crippen LogP contribution in [0.2, 0.25) is 5.02 Å². The first-order valence-electron chi connectivity index (χ1n) is 5.07. The number of halogens is 1. The van der Waals surface area contributed by atoms with Crippen molar-refractivity contribution in [2.24, 2.45) is 0 Å². The highest BCUT2D eigenvalue weighted by Gasteiger charge is 2.10. The molecule has 0 aliphatic carbocycles. The number of carbonyl (C=O) groups excluding carboxylic acids is 1. The summed E-state index contributed by atoms with van der Waals surface area (Å²) in [5.41, 5.74) is 1.75. The lowest BCUT2D eigenvalue weighted by Crippen LogP contribution is -2.07. The summed E-state index contributed by atoms with van der Waals surface area (Å²) in [6, 6.07) is 3.60. The van der Waals surface area contributed by atoms with Crippen molar-refractivity contribution in [3.8, 4) is 5.75 Å². The topological polar surface area (TPSA) is 35.5 Å². The summed E-state index contributed by atoms with van der Waals surface area (Å²) < 4.78 is 10.0. The van der Waals surface area contributed by atoms with Gasteiger partial charge in [-0.15, -0.1) is 0 Å². The Balaban J connectivity index is 2.87. The number of ether oxygens (including phenoxy) is 2. The zero-order chi connectivity index (χ0) is 12.1. The Kier molecular flexibility index (Phi) is 4.62. The Hall–Kier alpha value is -1.22. The van der Waals surface area contributed by atoms with Crippen LogP contribution in [0, 0.1) is 6.92 Å². The fourth-order valence-corrected chi connectivity index (χ4v) is 1.91. The molecule has 0 heterocycles. The van der Waals surface area contributed by atoms with Gasteiger partial charge in [0.2, 0.25) is 0 Å². The van der Waals surface area contributed by atoms with E-state index >= 15 is 0 Å². The van der Waals surface area contributed by atoms with E-state index in [-0.39, 0.29) is 12.4 Å². The van der Waals surface area contributed by atoms with Crippen LogP contribution < -0.4 is 4.74 Å². The van der Waals surface area contributed by atoms with Gasteiger partial charge in [0.1, 0.15) is 5.75 Å². The van der Waals surface area contributed by atoms with Crippen molar-refractivity contribution in [1.82, 2.24) is 0 Å². The first-order valence-corrected chi connectivity index (χ1v) is 5.45. The molecule has 0 aromatic heterocycles. The lowest BCUT2D eigenvalue weighted by atomic mass is 10.1. The van der Waals surface area contributed by atoms with Gasteiger partial charge >= 0.3 is 5.97 Å². The van der Waals surface area contributed by atoms with E-state index < -0.39 is 0 Å². The lowest BCUT2D eigenvalue weighted by Gasteiger charge is -2.09. The first-order chi connectivity index (χ1) is 7.58. The standard InChI is InChI=1S/C12H15ClO3/c1-4-16-11(14)7-9-5-8(2)12(15-3)10(13)6-9/h5-6H,4,7H2,1-3H3. The van der Waals surface area contributed by atoms with Crippen LogP contribution in [0.1, 0.15) is 18.1 Å². The second-order valence-corrected chi connectivity index (χ2v) is 3.82. The molecule has 0 radical (unpaired) electrons. The Bertz CT molecular complexity index is 365. The van der Waals surface area contributed by atoms with E-state index in [0.29, 0.717) is 17.4 Å². The Morgan fingerprint density at radius 1 is 1.44 bits per heavy atom.